The number of esters is 1. The number of unbranched alkanes of at least 4 members (excludes halogenated alkanes) is 16. The average Bonchev–Trinajstić information content (AvgIpc) is 2.72. The van der Waals surface area contributed by atoms with Crippen molar-refractivity contribution in [2.24, 2.45) is 0 Å². The first-order valence-electron chi connectivity index (χ1n) is 12.7. The molecule has 0 aliphatic rings. The minimum Gasteiger partial charge on any atom is -0.466 e. The molecule has 0 spiro atoms. The third-order valence-electron chi connectivity index (χ3n) is 5.46. The lowest BCUT2D eigenvalue weighted by molar-refractivity contribution is -0.143. The van der Waals surface area contributed by atoms with Gasteiger partial charge in [0.05, 0.1) is 6.61 Å². The van der Waals surface area contributed by atoms with E-state index in [-0.39, 0.29) is 5.97 Å². The van der Waals surface area contributed by atoms with Crippen molar-refractivity contribution in [1.82, 2.24) is 0 Å². The van der Waals surface area contributed by atoms with E-state index in [4.69, 9.17) is 9.84 Å². The molecule has 0 amide bonds. The van der Waals surface area contributed by atoms with Crippen LogP contribution in [0.1, 0.15) is 135 Å². The normalized spacial score (nSPS) is 11.4. The first-order chi connectivity index (χ1) is 14.3. The molecule has 3 heteroatoms. The topological polar surface area (TPSA) is 46.5 Å². The van der Waals surface area contributed by atoms with Gasteiger partial charge >= 0.3 is 5.97 Å². The van der Waals surface area contributed by atoms with E-state index in [1.54, 1.807) is 0 Å². The Kier molecular flexibility index (Phi) is 24.5. The number of hydrogen-bond donors (Lipinski definition) is 1. The number of aliphatic hydroxyl groups excluding tert-OH is 1. The van der Waals surface area contributed by atoms with Gasteiger partial charge in [0.15, 0.2) is 0 Å². The number of aliphatic hydroxyl groups is 1. The minimum absolute atomic E-state index is 0.00473. The van der Waals surface area contributed by atoms with Gasteiger partial charge in [-0.25, -0.2) is 0 Å². The largest absolute Gasteiger partial charge is 0.466 e. The van der Waals surface area contributed by atoms with Gasteiger partial charge in [0.1, 0.15) is 0 Å². The number of carbonyl (C=O) groups is 1. The number of carbonyl (C=O) groups excluding carboxylic acids is 1. The molecule has 0 rings (SSSR count). The summed E-state index contributed by atoms with van der Waals surface area (Å²) < 4.78 is 5.31. The quantitative estimate of drug-likeness (QED) is 0.106. The molecule has 0 aromatic carbocycles. The highest BCUT2D eigenvalue weighted by molar-refractivity contribution is 5.69. The Labute approximate surface area is 181 Å². The first kappa shape index (κ1) is 28.2. The predicted octanol–water partition coefficient (Wildman–Crippen LogP) is 7.90. The molecule has 0 bridgehead atoms. The second-order valence-corrected chi connectivity index (χ2v) is 8.40. The van der Waals surface area contributed by atoms with Crippen LogP contribution >= 0.6 is 0 Å². The smallest absolute Gasteiger partial charge is 0.305 e. The van der Waals surface area contributed by atoms with Gasteiger partial charge in [0.2, 0.25) is 0 Å². The van der Waals surface area contributed by atoms with E-state index in [1.807, 2.05) is 0 Å². The first-order valence-corrected chi connectivity index (χ1v) is 12.7. The van der Waals surface area contributed by atoms with Gasteiger partial charge < -0.3 is 9.84 Å². The number of rotatable bonds is 23. The van der Waals surface area contributed by atoms with Gasteiger partial charge in [-0.05, 0) is 44.9 Å². The fraction of sp³-hybridized carbons (Fsp3) is 0.885. The van der Waals surface area contributed by atoms with Crippen LogP contribution < -0.4 is 0 Å². The molecule has 0 atom stereocenters. The van der Waals surface area contributed by atoms with Gasteiger partial charge in [0, 0.05) is 13.0 Å². The summed E-state index contributed by atoms with van der Waals surface area (Å²) in [5.41, 5.74) is 0. The molecule has 0 aliphatic carbocycles. The summed E-state index contributed by atoms with van der Waals surface area (Å²) in [6.07, 6.45) is 28.3. The minimum atomic E-state index is -0.00473. The maximum Gasteiger partial charge on any atom is 0.305 e. The molecular weight excluding hydrogens is 360 g/mol. The van der Waals surface area contributed by atoms with Crippen LogP contribution in [-0.2, 0) is 9.53 Å². The summed E-state index contributed by atoms with van der Waals surface area (Å²) in [6.45, 7) is 3.18. The van der Waals surface area contributed by atoms with Crippen molar-refractivity contribution >= 4 is 5.97 Å². The van der Waals surface area contributed by atoms with Crippen LogP contribution in [0.25, 0.3) is 0 Å². The predicted molar refractivity (Wildman–Crippen MR) is 125 cm³/mol. The van der Waals surface area contributed by atoms with Crippen molar-refractivity contribution < 1.29 is 14.6 Å². The molecule has 0 aromatic heterocycles. The monoisotopic (exact) mass is 410 g/mol. The Hall–Kier alpha value is -0.830. The Morgan fingerprint density at radius 2 is 1.14 bits per heavy atom. The van der Waals surface area contributed by atoms with Crippen LogP contribution in [0.2, 0.25) is 0 Å². The molecule has 0 fully saturated rings. The highest BCUT2D eigenvalue weighted by atomic mass is 16.5. The second kappa shape index (κ2) is 25.2. The molecule has 0 saturated carbocycles. The maximum atomic E-state index is 11.7. The summed E-state index contributed by atoms with van der Waals surface area (Å²) in [5.74, 6) is -0.00473. The summed E-state index contributed by atoms with van der Waals surface area (Å²) in [7, 11) is 0. The zero-order valence-electron chi connectivity index (χ0n) is 19.5. The third-order valence-corrected chi connectivity index (χ3v) is 5.46. The van der Waals surface area contributed by atoms with Crippen LogP contribution in [0.3, 0.4) is 0 Å². The van der Waals surface area contributed by atoms with E-state index >= 15 is 0 Å². The van der Waals surface area contributed by atoms with E-state index in [1.165, 1.54) is 96.3 Å². The molecule has 0 heterocycles. The van der Waals surface area contributed by atoms with Crippen LogP contribution in [0, 0.1) is 0 Å². The molecule has 3 nitrogen and oxygen atoms in total. The highest BCUT2D eigenvalue weighted by Crippen LogP contribution is 2.11. The fourth-order valence-corrected chi connectivity index (χ4v) is 3.52. The zero-order valence-corrected chi connectivity index (χ0v) is 19.5. The Bertz CT molecular complexity index is 352. The van der Waals surface area contributed by atoms with Gasteiger partial charge in [-0.3, -0.25) is 4.79 Å². The third kappa shape index (κ3) is 25.1. The lowest BCUT2D eigenvalue weighted by Gasteiger charge is -2.05. The molecule has 0 radical (unpaired) electrons. The van der Waals surface area contributed by atoms with Gasteiger partial charge in [-0.1, -0.05) is 96.1 Å². The Morgan fingerprint density at radius 3 is 1.72 bits per heavy atom. The standard InChI is InChI=1S/C26H50O3/c1-2-3-4-5-19-22-25-29-26(28)23-20-17-15-13-11-9-7-6-8-10-12-14-16-18-21-24-27/h6-7,27H,2-5,8-25H2,1H3. The summed E-state index contributed by atoms with van der Waals surface area (Å²) in [5, 5.41) is 8.73. The van der Waals surface area contributed by atoms with Crippen molar-refractivity contribution in [1.29, 1.82) is 0 Å². The van der Waals surface area contributed by atoms with Crippen molar-refractivity contribution in [3.8, 4) is 0 Å². The molecule has 0 unspecified atom stereocenters. The van der Waals surface area contributed by atoms with Gasteiger partial charge in [-0.15, -0.1) is 0 Å². The SMILES string of the molecule is CCCCCCCCOC(=O)CCCCCCCC=CCCCCCCCCO. The maximum absolute atomic E-state index is 11.7. The lowest BCUT2D eigenvalue weighted by Crippen LogP contribution is -2.05. The molecular formula is C26H50O3. The second-order valence-electron chi connectivity index (χ2n) is 8.40. The van der Waals surface area contributed by atoms with Crippen LogP contribution in [-0.4, -0.2) is 24.3 Å². The molecule has 1 N–H and O–H groups in total. The van der Waals surface area contributed by atoms with E-state index in [2.05, 4.69) is 19.1 Å². The average molecular weight is 411 g/mol. The molecule has 0 saturated heterocycles. The van der Waals surface area contributed by atoms with E-state index < -0.39 is 0 Å². The summed E-state index contributed by atoms with van der Waals surface area (Å²) >= 11 is 0. The van der Waals surface area contributed by atoms with Crippen molar-refractivity contribution in [2.45, 2.75) is 135 Å². The molecule has 0 aromatic rings. The summed E-state index contributed by atoms with van der Waals surface area (Å²) in [6, 6.07) is 0. The van der Waals surface area contributed by atoms with E-state index in [0.29, 0.717) is 19.6 Å². The van der Waals surface area contributed by atoms with Crippen LogP contribution in [0.15, 0.2) is 12.2 Å². The van der Waals surface area contributed by atoms with Crippen LogP contribution in [0.5, 0.6) is 0 Å². The molecule has 172 valence electrons. The highest BCUT2D eigenvalue weighted by Gasteiger charge is 2.02. The van der Waals surface area contributed by atoms with Crippen molar-refractivity contribution in [3.05, 3.63) is 12.2 Å². The zero-order chi connectivity index (χ0) is 21.3. The Morgan fingerprint density at radius 1 is 0.655 bits per heavy atom. The van der Waals surface area contributed by atoms with Gasteiger partial charge in [0.25, 0.3) is 0 Å². The molecule has 0 aliphatic heterocycles. The van der Waals surface area contributed by atoms with E-state index in [9.17, 15) is 4.79 Å². The summed E-state index contributed by atoms with van der Waals surface area (Å²) in [4.78, 5) is 11.7. The lowest BCUT2D eigenvalue weighted by atomic mass is 10.1. The van der Waals surface area contributed by atoms with Crippen molar-refractivity contribution in [2.75, 3.05) is 13.2 Å². The fourth-order valence-electron chi connectivity index (χ4n) is 3.52. The Balaban J connectivity index is 3.19. The molecule has 29 heavy (non-hydrogen) atoms. The van der Waals surface area contributed by atoms with E-state index in [0.717, 1.165) is 25.7 Å². The number of hydrogen-bond acceptors (Lipinski definition) is 3. The van der Waals surface area contributed by atoms with Crippen molar-refractivity contribution in [3.63, 3.8) is 0 Å². The number of ether oxygens (including phenoxy) is 1. The van der Waals surface area contributed by atoms with Crippen LogP contribution in [0.4, 0.5) is 0 Å². The number of allylic oxidation sites excluding steroid dienone is 2. The van der Waals surface area contributed by atoms with Gasteiger partial charge in [-0.2, -0.15) is 0 Å².